The quantitative estimate of drug-likeness (QED) is 0.849. The smallest absolute Gasteiger partial charge is 0.172 e. The summed E-state index contributed by atoms with van der Waals surface area (Å²) in [4.78, 5) is 10.7. The van der Waals surface area contributed by atoms with Gasteiger partial charge in [0.2, 0.25) is 0 Å². The normalized spacial score (nSPS) is 10.6. The van der Waals surface area contributed by atoms with E-state index in [9.17, 15) is 4.39 Å². The summed E-state index contributed by atoms with van der Waals surface area (Å²) in [7, 11) is 0. The van der Waals surface area contributed by atoms with E-state index in [2.05, 4.69) is 9.97 Å². The molecule has 1 aromatic carbocycles. The van der Waals surface area contributed by atoms with Crippen molar-refractivity contribution in [2.45, 2.75) is 20.8 Å². The molecule has 0 bridgehead atoms. The molecule has 0 atom stereocenters. The molecule has 5 heteroatoms. The lowest BCUT2D eigenvalue weighted by Crippen LogP contribution is -2.19. The van der Waals surface area contributed by atoms with E-state index in [1.54, 1.807) is 12.1 Å². The van der Waals surface area contributed by atoms with Crippen molar-refractivity contribution >= 4 is 23.1 Å². The summed E-state index contributed by atoms with van der Waals surface area (Å²) in [6, 6.07) is 6.23. The topological polar surface area (TPSA) is 29.0 Å². The van der Waals surface area contributed by atoms with Crippen LogP contribution in [0.4, 0.5) is 15.9 Å². The van der Waals surface area contributed by atoms with Crippen LogP contribution in [0.5, 0.6) is 0 Å². The summed E-state index contributed by atoms with van der Waals surface area (Å²) < 4.78 is 13.0. The Morgan fingerprint density at radius 3 is 2.26 bits per heavy atom. The van der Waals surface area contributed by atoms with Gasteiger partial charge in [0, 0.05) is 12.2 Å². The summed E-state index contributed by atoms with van der Waals surface area (Å²) in [5.41, 5.74) is 2.48. The van der Waals surface area contributed by atoms with Gasteiger partial charge in [-0.2, -0.15) is 0 Å². The van der Waals surface area contributed by atoms with Gasteiger partial charge >= 0.3 is 0 Å². The summed E-state index contributed by atoms with van der Waals surface area (Å²) in [6.45, 7) is 6.41. The fourth-order valence-corrected chi connectivity index (χ4v) is 2.08. The second-order valence-corrected chi connectivity index (χ2v) is 4.59. The van der Waals surface area contributed by atoms with Crippen molar-refractivity contribution in [1.29, 1.82) is 0 Å². The molecule has 1 aromatic heterocycles. The van der Waals surface area contributed by atoms with Crippen LogP contribution in [0.15, 0.2) is 24.3 Å². The third kappa shape index (κ3) is 2.84. The van der Waals surface area contributed by atoms with Crippen molar-refractivity contribution in [1.82, 2.24) is 9.97 Å². The molecular formula is C14H15ClFN3. The van der Waals surface area contributed by atoms with E-state index in [0.717, 1.165) is 17.1 Å². The molecule has 0 N–H and O–H groups in total. The van der Waals surface area contributed by atoms with Crippen molar-refractivity contribution in [3.05, 3.63) is 46.6 Å². The fraction of sp³-hybridized carbons (Fsp3) is 0.286. The first-order valence-electron chi connectivity index (χ1n) is 6.06. The van der Waals surface area contributed by atoms with Crippen molar-refractivity contribution in [3.8, 4) is 0 Å². The first-order chi connectivity index (χ1) is 9.02. The number of benzene rings is 1. The molecule has 0 aliphatic carbocycles. The highest BCUT2D eigenvalue weighted by Gasteiger charge is 2.15. The SMILES string of the molecule is CCN(c1ccc(F)cc1)c1nc(C)c(C)nc1Cl. The molecule has 2 aromatic rings. The molecule has 0 aliphatic heterocycles. The van der Waals surface area contributed by atoms with Gasteiger partial charge in [-0.05, 0) is 45.0 Å². The molecular weight excluding hydrogens is 265 g/mol. The minimum atomic E-state index is -0.267. The van der Waals surface area contributed by atoms with E-state index in [1.165, 1.54) is 12.1 Å². The first kappa shape index (κ1) is 13.7. The molecule has 0 aliphatic rings. The average Bonchev–Trinajstić information content (AvgIpc) is 2.38. The number of aryl methyl sites for hydroxylation is 2. The van der Waals surface area contributed by atoms with Gasteiger partial charge in [-0.25, -0.2) is 14.4 Å². The van der Waals surface area contributed by atoms with E-state index in [1.807, 2.05) is 25.7 Å². The maximum Gasteiger partial charge on any atom is 0.172 e. The summed E-state index contributed by atoms with van der Waals surface area (Å²) in [5, 5.41) is 0.356. The van der Waals surface area contributed by atoms with E-state index < -0.39 is 0 Å². The Balaban J connectivity index is 2.47. The standard InChI is InChI=1S/C14H15ClFN3/c1-4-19(12-7-5-11(16)6-8-12)14-13(15)17-9(2)10(3)18-14/h5-8H,4H2,1-3H3. The van der Waals surface area contributed by atoms with Crippen LogP contribution in [-0.4, -0.2) is 16.5 Å². The highest BCUT2D eigenvalue weighted by molar-refractivity contribution is 6.31. The number of halogens is 2. The van der Waals surface area contributed by atoms with Crippen LogP contribution in [0.2, 0.25) is 5.15 Å². The van der Waals surface area contributed by atoms with E-state index in [0.29, 0.717) is 17.5 Å². The molecule has 2 rings (SSSR count). The largest absolute Gasteiger partial charge is 0.324 e. The monoisotopic (exact) mass is 279 g/mol. The Labute approximate surface area is 117 Å². The van der Waals surface area contributed by atoms with Gasteiger partial charge in [-0.1, -0.05) is 11.6 Å². The molecule has 3 nitrogen and oxygen atoms in total. The number of anilines is 2. The van der Waals surface area contributed by atoms with Gasteiger partial charge in [0.05, 0.1) is 11.4 Å². The van der Waals surface area contributed by atoms with Crippen LogP contribution in [0.25, 0.3) is 0 Å². The maximum absolute atomic E-state index is 13.0. The van der Waals surface area contributed by atoms with Crippen molar-refractivity contribution in [3.63, 3.8) is 0 Å². The number of hydrogen-bond donors (Lipinski definition) is 0. The Kier molecular flexibility index (Phi) is 4.00. The third-order valence-electron chi connectivity index (χ3n) is 2.96. The van der Waals surface area contributed by atoms with Crippen LogP contribution >= 0.6 is 11.6 Å². The lowest BCUT2D eigenvalue weighted by atomic mass is 10.2. The van der Waals surface area contributed by atoms with Crippen molar-refractivity contribution < 1.29 is 4.39 Å². The summed E-state index contributed by atoms with van der Waals surface area (Å²) in [5.74, 6) is 0.330. The van der Waals surface area contributed by atoms with Crippen LogP contribution in [-0.2, 0) is 0 Å². The molecule has 0 saturated carbocycles. The van der Waals surface area contributed by atoms with Gasteiger partial charge in [-0.3, -0.25) is 0 Å². The minimum Gasteiger partial charge on any atom is -0.324 e. The number of nitrogens with zero attached hydrogens (tertiary/aromatic N) is 3. The predicted molar refractivity (Wildman–Crippen MR) is 75.6 cm³/mol. The van der Waals surface area contributed by atoms with Crippen LogP contribution in [0, 0.1) is 19.7 Å². The molecule has 0 unspecified atom stereocenters. The number of aromatic nitrogens is 2. The minimum absolute atomic E-state index is 0.267. The van der Waals surface area contributed by atoms with E-state index >= 15 is 0 Å². The zero-order valence-electron chi connectivity index (χ0n) is 11.1. The van der Waals surface area contributed by atoms with Crippen LogP contribution < -0.4 is 4.90 Å². The van der Waals surface area contributed by atoms with Crippen molar-refractivity contribution in [2.75, 3.05) is 11.4 Å². The van der Waals surface area contributed by atoms with Crippen LogP contribution in [0.1, 0.15) is 18.3 Å². The second kappa shape index (κ2) is 5.53. The molecule has 1 heterocycles. The van der Waals surface area contributed by atoms with E-state index in [4.69, 9.17) is 11.6 Å². The van der Waals surface area contributed by atoms with Crippen molar-refractivity contribution in [2.24, 2.45) is 0 Å². The first-order valence-corrected chi connectivity index (χ1v) is 6.44. The maximum atomic E-state index is 13.0. The van der Waals surface area contributed by atoms with Gasteiger partial charge in [0.1, 0.15) is 5.82 Å². The Morgan fingerprint density at radius 1 is 1.11 bits per heavy atom. The summed E-state index contributed by atoms with van der Waals surface area (Å²) >= 11 is 6.17. The Morgan fingerprint density at radius 2 is 1.68 bits per heavy atom. The molecule has 0 spiro atoms. The highest BCUT2D eigenvalue weighted by atomic mass is 35.5. The predicted octanol–water partition coefficient (Wildman–Crippen LogP) is 4.04. The number of hydrogen-bond acceptors (Lipinski definition) is 3. The van der Waals surface area contributed by atoms with E-state index in [-0.39, 0.29) is 5.82 Å². The van der Waals surface area contributed by atoms with Gasteiger partial charge in [0.15, 0.2) is 11.0 Å². The zero-order valence-corrected chi connectivity index (χ0v) is 11.9. The zero-order chi connectivity index (χ0) is 14.0. The highest BCUT2D eigenvalue weighted by Crippen LogP contribution is 2.29. The third-order valence-corrected chi connectivity index (χ3v) is 3.21. The Hall–Kier alpha value is -1.68. The van der Waals surface area contributed by atoms with Crippen LogP contribution in [0.3, 0.4) is 0 Å². The lowest BCUT2D eigenvalue weighted by Gasteiger charge is -2.23. The summed E-state index contributed by atoms with van der Waals surface area (Å²) in [6.07, 6.45) is 0. The molecule has 0 saturated heterocycles. The van der Waals surface area contributed by atoms with Gasteiger partial charge < -0.3 is 4.90 Å². The van der Waals surface area contributed by atoms with Gasteiger partial charge in [0.25, 0.3) is 0 Å². The fourth-order valence-electron chi connectivity index (χ4n) is 1.81. The Bertz CT molecular complexity index is 584. The molecule has 0 amide bonds. The number of rotatable bonds is 3. The lowest BCUT2D eigenvalue weighted by molar-refractivity contribution is 0.627. The molecule has 0 radical (unpaired) electrons. The molecule has 0 fully saturated rings. The average molecular weight is 280 g/mol. The second-order valence-electron chi connectivity index (χ2n) is 4.23. The van der Waals surface area contributed by atoms with Gasteiger partial charge in [-0.15, -0.1) is 0 Å². The molecule has 19 heavy (non-hydrogen) atoms. The molecule has 100 valence electrons.